The second-order valence-electron chi connectivity index (χ2n) is 6.50. The van der Waals surface area contributed by atoms with Gasteiger partial charge in [0.25, 0.3) is 0 Å². The molecule has 0 aliphatic rings. The van der Waals surface area contributed by atoms with Crippen LogP contribution in [0.4, 0.5) is 10.8 Å². The summed E-state index contributed by atoms with van der Waals surface area (Å²) in [6.45, 7) is 7.51. The molecule has 2 amide bonds. The van der Waals surface area contributed by atoms with Gasteiger partial charge in [0.15, 0.2) is 5.13 Å². The zero-order valence-corrected chi connectivity index (χ0v) is 16.1. The smallest absolute Gasteiger partial charge is 0.228 e. The highest BCUT2D eigenvalue weighted by molar-refractivity contribution is 7.22. The first kappa shape index (κ1) is 18.1. The molecule has 0 fully saturated rings. The third-order valence-electron chi connectivity index (χ3n) is 4.04. The Bertz CT molecular complexity index is 984. The van der Waals surface area contributed by atoms with Gasteiger partial charge in [0.05, 0.1) is 16.6 Å². The lowest BCUT2D eigenvalue weighted by Gasteiger charge is -2.13. The number of hydrogen-bond donors (Lipinski definition) is 2. The molecule has 0 unspecified atom stereocenters. The first-order chi connectivity index (χ1) is 12.3. The number of anilines is 2. The standard InChI is InChI=1S/C20H21N3O2S/c1-11-7-12(2)19(13(3)8-11)23-18(25)10-15-5-6-16-17(9-15)26-20(22-16)21-14(4)24/h5-9H,10H2,1-4H3,(H,23,25)(H,21,22,24). The minimum atomic E-state index is -0.146. The molecular weight excluding hydrogens is 346 g/mol. The number of thiazole rings is 1. The highest BCUT2D eigenvalue weighted by atomic mass is 32.1. The van der Waals surface area contributed by atoms with Gasteiger partial charge in [-0.3, -0.25) is 9.59 Å². The fourth-order valence-electron chi connectivity index (χ4n) is 3.03. The summed E-state index contributed by atoms with van der Waals surface area (Å²) in [5.41, 5.74) is 5.92. The fraction of sp³-hybridized carbons (Fsp3) is 0.250. The largest absolute Gasteiger partial charge is 0.325 e. The van der Waals surface area contributed by atoms with E-state index in [0.29, 0.717) is 5.13 Å². The van der Waals surface area contributed by atoms with Crippen LogP contribution < -0.4 is 10.6 Å². The quantitative estimate of drug-likeness (QED) is 0.720. The molecule has 0 spiro atoms. The Morgan fingerprint density at radius 2 is 1.73 bits per heavy atom. The van der Waals surface area contributed by atoms with Crippen LogP contribution in [0, 0.1) is 20.8 Å². The number of fused-ring (bicyclic) bond motifs is 1. The second-order valence-corrected chi connectivity index (χ2v) is 7.53. The van der Waals surface area contributed by atoms with Crippen molar-refractivity contribution in [2.75, 3.05) is 10.6 Å². The van der Waals surface area contributed by atoms with Crippen LogP contribution in [-0.2, 0) is 16.0 Å². The molecule has 0 atom stereocenters. The molecule has 0 radical (unpaired) electrons. The molecule has 6 heteroatoms. The Labute approximate surface area is 156 Å². The predicted molar refractivity (Wildman–Crippen MR) is 107 cm³/mol. The molecule has 0 aliphatic heterocycles. The lowest BCUT2D eigenvalue weighted by atomic mass is 10.0. The van der Waals surface area contributed by atoms with Gasteiger partial charge in [-0.05, 0) is 49.6 Å². The summed E-state index contributed by atoms with van der Waals surface area (Å²) in [6, 6.07) is 9.86. The van der Waals surface area contributed by atoms with Crippen LogP contribution in [-0.4, -0.2) is 16.8 Å². The molecule has 2 aromatic carbocycles. The fourth-order valence-corrected chi connectivity index (χ4v) is 4.00. The average molecular weight is 367 g/mol. The van der Waals surface area contributed by atoms with Gasteiger partial charge < -0.3 is 10.6 Å². The van der Waals surface area contributed by atoms with Crippen LogP contribution >= 0.6 is 11.3 Å². The van der Waals surface area contributed by atoms with Crippen LogP contribution in [0.2, 0.25) is 0 Å². The number of hydrogen-bond acceptors (Lipinski definition) is 4. The molecule has 5 nitrogen and oxygen atoms in total. The van der Waals surface area contributed by atoms with Gasteiger partial charge in [0.1, 0.15) is 0 Å². The Kier molecular flexibility index (Phi) is 5.04. The maximum absolute atomic E-state index is 12.5. The molecule has 26 heavy (non-hydrogen) atoms. The summed E-state index contributed by atoms with van der Waals surface area (Å²) >= 11 is 1.40. The molecular formula is C20H21N3O2S. The van der Waals surface area contributed by atoms with Gasteiger partial charge in [-0.1, -0.05) is 35.1 Å². The molecule has 3 aromatic rings. The van der Waals surface area contributed by atoms with Crippen molar-refractivity contribution in [3.05, 3.63) is 52.6 Å². The summed E-state index contributed by atoms with van der Waals surface area (Å²) in [7, 11) is 0. The summed E-state index contributed by atoms with van der Waals surface area (Å²) < 4.78 is 0.946. The maximum atomic E-state index is 12.5. The van der Waals surface area contributed by atoms with Crippen molar-refractivity contribution in [2.45, 2.75) is 34.1 Å². The summed E-state index contributed by atoms with van der Waals surface area (Å²) in [5, 5.41) is 6.29. The van der Waals surface area contributed by atoms with Gasteiger partial charge in [-0.15, -0.1) is 0 Å². The minimum absolute atomic E-state index is 0.0500. The van der Waals surface area contributed by atoms with E-state index in [0.717, 1.165) is 32.6 Å². The van der Waals surface area contributed by atoms with Crippen LogP contribution in [0.5, 0.6) is 0 Å². The average Bonchev–Trinajstić information content (AvgIpc) is 2.91. The van der Waals surface area contributed by atoms with E-state index in [1.54, 1.807) is 0 Å². The topological polar surface area (TPSA) is 71.1 Å². The zero-order valence-electron chi connectivity index (χ0n) is 15.3. The van der Waals surface area contributed by atoms with Crippen LogP contribution in [0.15, 0.2) is 30.3 Å². The highest BCUT2D eigenvalue weighted by Gasteiger charge is 2.11. The Balaban J connectivity index is 1.76. The van der Waals surface area contributed by atoms with E-state index < -0.39 is 0 Å². The van der Waals surface area contributed by atoms with E-state index in [9.17, 15) is 9.59 Å². The zero-order chi connectivity index (χ0) is 18.8. The summed E-state index contributed by atoms with van der Waals surface area (Å²) in [4.78, 5) is 28.0. The third-order valence-corrected chi connectivity index (χ3v) is 4.98. The van der Waals surface area contributed by atoms with E-state index in [-0.39, 0.29) is 18.2 Å². The summed E-state index contributed by atoms with van der Waals surface area (Å²) in [6.07, 6.45) is 0.288. The van der Waals surface area contributed by atoms with Crippen molar-refractivity contribution in [2.24, 2.45) is 0 Å². The van der Waals surface area contributed by atoms with Crippen LogP contribution in [0.3, 0.4) is 0 Å². The molecule has 1 heterocycles. The normalized spacial score (nSPS) is 10.8. The number of aromatic nitrogens is 1. The van der Waals surface area contributed by atoms with E-state index >= 15 is 0 Å². The van der Waals surface area contributed by atoms with Gasteiger partial charge in [-0.25, -0.2) is 4.98 Å². The number of carbonyl (C=O) groups excluding carboxylic acids is 2. The maximum Gasteiger partial charge on any atom is 0.228 e. The lowest BCUT2D eigenvalue weighted by Crippen LogP contribution is -2.16. The van der Waals surface area contributed by atoms with Gasteiger partial charge >= 0.3 is 0 Å². The third kappa shape index (κ3) is 4.08. The van der Waals surface area contributed by atoms with E-state index in [4.69, 9.17) is 0 Å². The van der Waals surface area contributed by atoms with Crippen molar-refractivity contribution in [3.8, 4) is 0 Å². The molecule has 0 saturated heterocycles. The predicted octanol–water partition coefficient (Wildman–Crippen LogP) is 4.36. The van der Waals surface area contributed by atoms with E-state index in [1.165, 1.54) is 23.8 Å². The van der Waals surface area contributed by atoms with Crippen LogP contribution in [0.25, 0.3) is 10.2 Å². The first-order valence-corrected chi connectivity index (χ1v) is 9.18. The minimum Gasteiger partial charge on any atom is -0.325 e. The molecule has 1 aromatic heterocycles. The molecule has 2 N–H and O–H groups in total. The molecule has 134 valence electrons. The first-order valence-electron chi connectivity index (χ1n) is 8.36. The number of nitrogens with one attached hydrogen (secondary N) is 2. The molecule has 0 aliphatic carbocycles. The van der Waals surface area contributed by atoms with Crippen molar-refractivity contribution in [1.29, 1.82) is 0 Å². The Hall–Kier alpha value is -2.73. The number of nitrogens with zero attached hydrogens (tertiary/aromatic N) is 1. The van der Waals surface area contributed by atoms with E-state index in [2.05, 4.69) is 27.8 Å². The second kappa shape index (κ2) is 7.25. The molecule has 0 bridgehead atoms. The van der Waals surface area contributed by atoms with Crippen molar-refractivity contribution in [1.82, 2.24) is 4.98 Å². The van der Waals surface area contributed by atoms with Crippen LogP contribution in [0.1, 0.15) is 29.2 Å². The Morgan fingerprint density at radius 1 is 1.04 bits per heavy atom. The molecule has 0 saturated carbocycles. The number of aryl methyl sites for hydroxylation is 3. The molecule has 3 rings (SSSR count). The monoisotopic (exact) mass is 367 g/mol. The highest BCUT2D eigenvalue weighted by Crippen LogP contribution is 2.27. The number of carbonyl (C=O) groups is 2. The lowest BCUT2D eigenvalue weighted by molar-refractivity contribution is -0.116. The van der Waals surface area contributed by atoms with Gasteiger partial charge in [0, 0.05) is 12.6 Å². The number of benzene rings is 2. The van der Waals surface area contributed by atoms with Crippen molar-refractivity contribution < 1.29 is 9.59 Å². The number of amides is 2. The van der Waals surface area contributed by atoms with Gasteiger partial charge in [-0.2, -0.15) is 0 Å². The van der Waals surface area contributed by atoms with Crippen molar-refractivity contribution >= 4 is 44.2 Å². The number of rotatable bonds is 4. The SMILES string of the molecule is CC(=O)Nc1nc2ccc(CC(=O)Nc3c(C)cc(C)cc3C)cc2s1. The van der Waals surface area contributed by atoms with Crippen molar-refractivity contribution in [3.63, 3.8) is 0 Å². The van der Waals surface area contributed by atoms with E-state index in [1.807, 2.05) is 39.0 Å². The Morgan fingerprint density at radius 3 is 2.38 bits per heavy atom. The van der Waals surface area contributed by atoms with Gasteiger partial charge in [0.2, 0.25) is 11.8 Å². The summed E-state index contributed by atoms with van der Waals surface area (Å²) in [5.74, 6) is -0.196.